The highest BCUT2D eigenvalue weighted by Crippen LogP contribution is 2.31. The Hall–Kier alpha value is -1.04. The van der Waals surface area contributed by atoms with Crippen LogP contribution in [0.25, 0.3) is 0 Å². The molecule has 0 aliphatic carbocycles. The molecule has 0 radical (unpaired) electrons. The zero-order valence-electron chi connectivity index (χ0n) is 10.2. The standard InChI is InChI=1S/C14H12BrNOS2/c1-19-11-5-3-10(4-6-11)17-13-7-2-9(14(16)18)8-12(13)15/h2-8H,1H3,(H2,16,18). The van der Waals surface area contributed by atoms with Crippen molar-refractivity contribution in [2.24, 2.45) is 5.73 Å². The molecule has 0 spiro atoms. The summed E-state index contributed by atoms with van der Waals surface area (Å²) in [7, 11) is 0. The molecule has 0 aliphatic rings. The van der Waals surface area contributed by atoms with E-state index in [1.165, 1.54) is 4.90 Å². The van der Waals surface area contributed by atoms with Crippen LogP contribution < -0.4 is 10.5 Å². The third-order valence-electron chi connectivity index (χ3n) is 2.50. The van der Waals surface area contributed by atoms with Gasteiger partial charge in [-0.25, -0.2) is 0 Å². The first-order valence-corrected chi connectivity index (χ1v) is 7.94. The summed E-state index contributed by atoms with van der Waals surface area (Å²) >= 11 is 10.1. The average Bonchev–Trinajstić information content (AvgIpc) is 2.41. The van der Waals surface area contributed by atoms with Crippen molar-refractivity contribution >= 4 is 44.9 Å². The summed E-state index contributed by atoms with van der Waals surface area (Å²) in [5.41, 5.74) is 6.40. The highest BCUT2D eigenvalue weighted by atomic mass is 79.9. The van der Waals surface area contributed by atoms with Crippen LogP contribution in [0, 0.1) is 0 Å². The number of thioether (sulfide) groups is 1. The van der Waals surface area contributed by atoms with Gasteiger partial charge in [0.2, 0.25) is 0 Å². The van der Waals surface area contributed by atoms with Gasteiger partial charge in [-0.1, -0.05) is 12.2 Å². The van der Waals surface area contributed by atoms with E-state index in [4.69, 9.17) is 22.7 Å². The van der Waals surface area contributed by atoms with Gasteiger partial charge in [-0.05, 0) is 64.7 Å². The van der Waals surface area contributed by atoms with Crippen LogP contribution in [0.4, 0.5) is 0 Å². The number of halogens is 1. The Bertz CT molecular complexity index is 599. The highest BCUT2D eigenvalue weighted by Gasteiger charge is 2.05. The van der Waals surface area contributed by atoms with Gasteiger partial charge in [-0.2, -0.15) is 0 Å². The summed E-state index contributed by atoms with van der Waals surface area (Å²) in [6.07, 6.45) is 2.04. The molecule has 2 aromatic rings. The van der Waals surface area contributed by atoms with E-state index in [2.05, 4.69) is 15.9 Å². The minimum absolute atomic E-state index is 0.372. The summed E-state index contributed by atoms with van der Waals surface area (Å²) in [4.78, 5) is 1.58. The molecule has 2 N–H and O–H groups in total. The lowest BCUT2D eigenvalue weighted by Gasteiger charge is -2.09. The first-order chi connectivity index (χ1) is 9.10. The first-order valence-electron chi connectivity index (χ1n) is 5.51. The maximum absolute atomic E-state index is 5.80. The molecule has 0 unspecified atom stereocenters. The van der Waals surface area contributed by atoms with Gasteiger partial charge in [-0.3, -0.25) is 0 Å². The quantitative estimate of drug-likeness (QED) is 0.643. The fourth-order valence-corrected chi connectivity index (χ4v) is 2.50. The van der Waals surface area contributed by atoms with Gasteiger partial charge in [0, 0.05) is 10.5 Å². The maximum Gasteiger partial charge on any atom is 0.141 e. The maximum atomic E-state index is 5.80. The number of hydrogen-bond acceptors (Lipinski definition) is 3. The van der Waals surface area contributed by atoms with Crippen molar-refractivity contribution in [2.75, 3.05) is 6.26 Å². The molecule has 0 saturated carbocycles. The lowest BCUT2D eigenvalue weighted by atomic mass is 10.2. The molecule has 98 valence electrons. The van der Waals surface area contributed by atoms with E-state index in [9.17, 15) is 0 Å². The van der Waals surface area contributed by atoms with Crippen molar-refractivity contribution in [3.8, 4) is 11.5 Å². The summed E-state index contributed by atoms with van der Waals surface area (Å²) < 4.78 is 6.63. The number of hydrogen-bond donors (Lipinski definition) is 1. The topological polar surface area (TPSA) is 35.2 Å². The van der Waals surface area contributed by atoms with Crippen molar-refractivity contribution in [1.29, 1.82) is 0 Å². The molecule has 0 saturated heterocycles. The average molecular weight is 354 g/mol. The molecule has 0 aliphatic heterocycles. The second-order valence-corrected chi connectivity index (χ2v) is 5.96. The van der Waals surface area contributed by atoms with E-state index in [-0.39, 0.29) is 0 Å². The Balaban J connectivity index is 2.20. The molecule has 2 nitrogen and oxygen atoms in total. The molecule has 2 rings (SSSR count). The fourth-order valence-electron chi connectivity index (χ4n) is 1.51. The number of nitrogens with two attached hydrogens (primary N) is 1. The predicted molar refractivity (Wildman–Crippen MR) is 88.3 cm³/mol. The van der Waals surface area contributed by atoms with Crippen LogP contribution in [-0.4, -0.2) is 11.2 Å². The lowest BCUT2D eigenvalue weighted by molar-refractivity contribution is 0.479. The van der Waals surface area contributed by atoms with Gasteiger partial charge in [0.25, 0.3) is 0 Å². The van der Waals surface area contributed by atoms with Crippen LogP contribution in [0.5, 0.6) is 11.5 Å². The molecule has 0 bridgehead atoms. The molecule has 5 heteroatoms. The van der Waals surface area contributed by atoms with E-state index in [0.717, 1.165) is 21.5 Å². The molecule has 0 heterocycles. The van der Waals surface area contributed by atoms with Crippen molar-refractivity contribution in [1.82, 2.24) is 0 Å². The molecule has 0 atom stereocenters. The van der Waals surface area contributed by atoms with Crippen molar-refractivity contribution in [3.05, 3.63) is 52.5 Å². The largest absolute Gasteiger partial charge is 0.456 e. The van der Waals surface area contributed by atoms with Gasteiger partial charge in [0.1, 0.15) is 16.5 Å². The lowest BCUT2D eigenvalue weighted by Crippen LogP contribution is -2.08. The summed E-state index contributed by atoms with van der Waals surface area (Å²) in [6, 6.07) is 13.5. The predicted octanol–water partition coefficient (Wildman–Crippen LogP) is 4.60. The Kier molecular flexibility index (Phi) is 4.85. The van der Waals surface area contributed by atoms with Crippen LogP contribution in [0.2, 0.25) is 0 Å². The number of rotatable bonds is 4. The second kappa shape index (κ2) is 6.41. The molecule has 2 aromatic carbocycles. The van der Waals surface area contributed by atoms with Gasteiger partial charge in [0.15, 0.2) is 0 Å². The Labute approximate surface area is 130 Å². The van der Waals surface area contributed by atoms with Gasteiger partial charge < -0.3 is 10.5 Å². The molecule has 0 aromatic heterocycles. The minimum Gasteiger partial charge on any atom is -0.456 e. The van der Waals surface area contributed by atoms with Crippen LogP contribution in [-0.2, 0) is 0 Å². The van der Waals surface area contributed by atoms with Crippen LogP contribution in [0.3, 0.4) is 0 Å². The molecule has 0 amide bonds. The summed E-state index contributed by atoms with van der Waals surface area (Å²) in [5.74, 6) is 1.53. The third kappa shape index (κ3) is 3.72. The number of benzene rings is 2. The van der Waals surface area contributed by atoms with Crippen molar-refractivity contribution < 1.29 is 4.74 Å². The normalized spacial score (nSPS) is 10.2. The molecular formula is C14H12BrNOS2. The van der Waals surface area contributed by atoms with E-state index in [1.54, 1.807) is 11.8 Å². The van der Waals surface area contributed by atoms with Gasteiger partial charge >= 0.3 is 0 Å². The highest BCUT2D eigenvalue weighted by molar-refractivity contribution is 9.10. The number of thiocarbonyl (C=S) groups is 1. The molecular weight excluding hydrogens is 342 g/mol. The molecule has 19 heavy (non-hydrogen) atoms. The Morgan fingerprint density at radius 1 is 1.21 bits per heavy atom. The van der Waals surface area contributed by atoms with E-state index in [0.29, 0.717) is 4.99 Å². The SMILES string of the molecule is CSc1ccc(Oc2ccc(C(N)=S)cc2Br)cc1. The van der Waals surface area contributed by atoms with Crippen molar-refractivity contribution in [3.63, 3.8) is 0 Å². The number of ether oxygens (including phenoxy) is 1. The Morgan fingerprint density at radius 2 is 1.89 bits per heavy atom. The van der Waals surface area contributed by atoms with Crippen LogP contribution in [0.15, 0.2) is 51.8 Å². The van der Waals surface area contributed by atoms with Gasteiger partial charge in [-0.15, -0.1) is 11.8 Å². The van der Waals surface area contributed by atoms with Crippen LogP contribution in [0.1, 0.15) is 5.56 Å². The minimum atomic E-state index is 0.372. The van der Waals surface area contributed by atoms with E-state index >= 15 is 0 Å². The monoisotopic (exact) mass is 353 g/mol. The third-order valence-corrected chi connectivity index (χ3v) is 4.10. The fraction of sp³-hybridized carbons (Fsp3) is 0.0714. The first kappa shape index (κ1) is 14.4. The molecule has 0 fully saturated rings. The van der Waals surface area contributed by atoms with Crippen LogP contribution >= 0.6 is 39.9 Å². The van der Waals surface area contributed by atoms with E-state index in [1.807, 2.05) is 48.7 Å². The van der Waals surface area contributed by atoms with Crippen molar-refractivity contribution in [2.45, 2.75) is 4.90 Å². The Morgan fingerprint density at radius 3 is 2.42 bits per heavy atom. The zero-order valence-corrected chi connectivity index (χ0v) is 13.4. The summed E-state index contributed by atoms with van der Waals surface area (Å²) in [6.45, 7) is 0. The van der Waals surface area contributed by atoms with Gasteiger partial charge in [0.05, 0.1) is 4.47 Å². The smallest absolute Gasteiger partial charge is 0.141 e. The summed E-state index contributed by atoms with van der Waals surface area (Å²) in [5, 5.41) is 0. The zero-order chi connectivity index (χ0) is 13.8. The van der Waals surface area contributed by atoms with E-state index < -0.39 is 0 Å². The second-order valence-electron chi connectivity index (χ2n) is 3.79.